The molecule has 0 bridgehead atoms. The van der Waals surface area contributed by atoms with E-state index in [4.69, 9.17) is 5.73 Å². The molecular weight excluding hydrogens is 372 g/mol. The molecule has 10 heteroatoms. The Hall–Kier alpha value is -1.81. The average molecular weight is 405 g/mol. The van der Waals surface area contributed by atoms with Gasteiger partial charge in [-0.2, -0.15) is 12.6 Å². The summed E-state index contributed by atoms with van der Waals surface area (Å²) in [6.07, 6.45) is 0.608. The highest BCUT2D eigenvalue weighted by atomic mass is 32.1. The van der Waals surface area contributed by atoms with Crippen molar-refractivity contribution in [2.24, 2.45) is 17.6 Å². The highest BCUT2D eigenvalue weighted by molar-refractivity contribution is 7.80. The topological polar surface area (TPSA) is 151 Å². The summed E-state index contributed by atoms with van der Waals surface area (Å²) in [7, 11) is 0. The molecule has 0 saturated heterocycles. The summed E-state index contributed by atoms with van der Waals surface area (Å²) >= 11 is 3.90. The first kappa shape index (κ1) is 25.2. The molecule has 0 aliphatic carbocycles. The van der Waals surface area contributed by atoms with E-state index in [2.05, 4.69) is 28.6 Å². The highest BCUT2D eigenvalue weighted by Gasteiger charge is 2.27. The van der Waals surface area contributed by atoms with E-state index >= 15 is 0 Å². The molecular formula is C17H32N4O5S. The van der Waals surface area contributed by atoms with Crippen molar-refractivity contribution < 1.29 is 24.3 Å². The van der Waals surface area contributed by atoms with Crippen LogP contribution in [-0.4, -0.2) is 59.2 Å². The van der Waals surface area contributed by atoms with Gasteiger partial charge in [-0.05, 0) is 24.7 Å². The van der Waals surface area contributed by atoms with Gasteiger partial charge < -0.3 is 26.8 Å². The lowest BCUT2D eigenvalue weighted by atomic mass is 10.0. The van der Waals surface area contributed by atoms with Gasteiger partial charge in [0.15, 0.2) is 0 Å². The molecule has 9 nitrogen and oxygen atoms in total. The van der Waals surface area contributed by atoms with Crippen LogP contribution in [0.1, 0.15) is 40.5 Å². The molecule has 0 fully saturated rings. The van der Waals surface area contributed by atoms with E-state index < -0.39 is 41.8 Å². The number of aliphatic carboxylic acids is 1. The lowest BCUT2D eigenvalue weighted by molar-refractivity contribution is -0.142. The van der Waals surface area contributed by atoms with Crippen LogP contribution < -0.4 is 21.7 Å². The van der Waals surface area contributed by atoms with Gasteiger partial charge in [0.1, 0.15) is 12.1 Å². The predicted octanol–water partition coefficient (Wildman–Crippen LogP) is -0.494. The van der Waals surface area contributed by atoms with Crippen LogP contribution in [0.25, 0.3) is 0 Å². The Labute approximate surface area is 165 Å². The summed E-state index contributed by atoms with van der Waals surface area (Å²) in [5, 5.41) is 16.7. The monoisotopic (exact) mass is 404 g/mol. The molecule has 3 amide bonds. The van der Waals surface area contributed by atoms with Crippen LogP contribution in [0.4, 0.5) is 0 Å². The minimum Gasteiger partial charge on any atom is -0.480 e. The number of hydrogen-bond acceptors (Lipinski definition) is 6. The van der Waals surface area contributed by atoms with Gasteiger partial charge in [-0.15, -0.1) is 0 Å². The van der Waals surface area contributed by atoms with Crippen LogP contribution in [-0.2, 0) is 19.2 Å². The fourth-order valence-corrected chi connectivity index (χ4v) is 2.46. The summed E-state index contributed by atoms with van der Waals surface area (Å²) in [5.41, 5.74) is 5.50. The SMILES string of the molecule is CC(C)CC(NC(=O)C(CC(C)C)NC(=O)CNC(=O)C(N)CS)C(=O)O. The van der Waals surface area contributed by atoms with Crippen LogP contribution in [0.3, 0.4) is 0 Å². The summed E-state index contributed by atoms with van der Waals surface area (Å²) < 4.78 is 0. The first-order valence-electron chi connectivity index (χ1n) is 8.94. The number of carbonyl (C=O) groups is 4. The van der Waals surface area contributed by atoms with Gasteiger partial charge in [-0.25, -0.2) is 4.79 Å². The Morgan fingerprint density at radius 2 is 1.44 bits per heavy atom. The zero-order valence-electron chi connectivity index (χ0n) is 16.3. The standard InChI is InChI=1S/C17H32N4O5S/c1-9(2)5-12(16(24)21-13(17(25)26)6-10(3)4)20-14(22)7-19-15(23)11(18)8-27/h9-13,27H,5-8,18H2,1-4H3,(H,19,23)(H,20,22)(H,21,24)(H,25,26). The van der Waals surface area contributed by atoms with Crippen molar-refractivity contribution in [1.82, 2.24) is 16.0 Å². The molecule has 0 heterocycles. The van der Waals surface area contributed by atoms with Crippen molar-refractivity contribution in [2.45, 2.75) is 58.7 Å². The average Bonchev–Trinajstić information content (AvgIpc) is 2.56. The Morgan fingerprint density at radius 1 is 0.926 bits per heavy atom. The van der Waals surface area contributed by atoms with Gasteiger partial charge in [0, 0.05) is 5.75 Å². The predicted molar refractivity (Wildman–Crippen MR) is 105 cm³/mol. The van der Waals surface area contributed by atoms with E-state index in [0.717, 1.165) is 0 Å². The molecule has 6 N–H and O–H groups in total. The summed E-state index contributed by atoms with van der Waals surface area (Å²) in [6, 6.07) is -2.76. The third-order valence-electron chi connectivity index (χ3n) is 3.64. The first-order chi connectivity index (χ1) is 12.5. The molecule has 0 aromatic rings. The van der Waals surface area contributed by atoms with Gasteiger partial charge in [0.2, 0.25) is 17.7 Å². The van der Waals surface area contributed by atoms with Crippen molar-refractivity contribution in [3.63, 3.8) is 0 Å². The van der Waals surface area contributed by atoms with Crippen LogP contribution in [0.15, 0.2) is 0 Å². The minimum atomic E-state index is -1.13. The maximum atomic E-state index is 12.5. The summed E-state index contributed by atoms with van der Waals surface area (Å²) in [6.45, 7) is 7.13. The van der Waals surface area contributed by atoms with Crippen LogP contribution in [0.2, 0.25) is 0 Å². The number of amides is 3. The summed E-state index contributed by atoms with van der Waals surface area (Å²) in [4.78, 5) is 47.5. The van der Waals surface area contributed by atoms with Gasteiger partial charge in [0.25, 0.3) is 0 Å². The molecule has 27 heavy (non-hydrogen) atoms. The van der Waals surface area contributed by atoms with Gasteiger partial charge in [0.05, 0.1) is 12.6 Å². The third kappa shape index (κ3) is 10.8. The van der Waals surface area contributed by atoms with Crippen molar-refractivity contribution in [2.75, 3.05) is 12.3 Å². The highest BCUT2D eigenvalue weighted by Crippen LogP contribution is 2.08. The lowest BCUT2D eigenvalue weighted by Crippen LogP contribution is -2.54. The number of carbonyl (C=O) groups excluding carboxylic acids is 3. The fraction of sp³-hybridized carbons (Fsp3) is 0.765. The van der Waals surface area contributed by atoms with E-state index in [0.29, 0.717) is 6.42 Å². The van der Waals surface area contributed by atoms with Crippen molar-refractivity contribution >= 4 is 36.3 Å². The second-order valence-electron chi connectivity index (χ2n) is 7.29. The molecule has 0 spiro atoms. The Morgan fingerprint density at radius 3 is 1.89 bits per heavy atom. The van der Waals surface area contributed by atoms with E-state index in [1.54, 1.807) is 0 Å². The zero-order chi connectivity index (χ0) is 21.1. The number of carboxylic acid groups (broad SMARTS) is 1. The number of nitrogens with one attached hydrogen (secondary N) is 3. The molecule has 0 radical (unpaired) electrons. The van der Waals surface area contributed by atoms with E-state index in [9.17, 15) is 24.3 Å². The van der Waals surface area contributed by atoms with Crippen molar-refractivity contribution in [3.8, 4) is 0 Å². The van der Waals surface area contributed by atoms with Gasteiger partial charge >= 0.3 is 5.97 Å². The van der Waals surface area contributed by atoms with E-state index in [1.165, 1.54) is 0 Å². The fourth-order valence-electron chi connectivity index (χ4n) is 2.29. The number of thiol groups is 1. The molecule has 3 unspecified atom stereocenters. The maximum absolute atomic E-state index is 12.5. The quantitative estimate of drug-likeness (QED) is 0.242. The maximum Gasteiger partial charge on any atom is 0.326 e. The van der Waals surface area contributed by atoms with Crippen molar-refractivity contribution in [3.05, 3.63) is 0 Å². The number of carboxylic acids is 1. The molecule has 0 aromatic carbocycles. The van der Waals surface area contributed by atoms with Crippen LogP contribution in [0, 0.1) is 11.8 Å². The van der Waals surface area contributed by atoms with Crippen LogP contribution >= 0.6 is 12.6 Å². The van der Waals surface area contributed by atoms with Crippen molar-refractivity contribution in [1.29, 1.82) is 0 Å². The molecule has 0 aromatic heterocycles. The van der Waals surface area contributed by atoms with Gasteiger partial charge in [-0.1, -0.05) is 27.7 Å². The number of hydrogen-bond donors (Lipinski definition) is 6. The summed E-state index contributed by atoms with van der Waals surface area (Å²) in [5.74, 6) is -2.47. The largest absolute Gasteiger partial charge is 0.480 e. The van der Waals surface area contributed by atoms with Gasteiger partial charge in [-0.3, -0.25) is 14.4 Å². The molecule has 0 aliphatic rings. The zero-order valence-corrected chi connectivity index (χ0v) is 17.2. The number of nitrogens with two attached hydrogens (primary N) is 1. The first-order valence-corrected chi connectivity index (χ1v) is 9.57. The smallest absolute Gasteiger partial charge is 0.326 e. The normalized spacial score (nSPS) is 14.4. The number of rotatable bonds is 12. The van der Waals surface area contributed by atoms with Crippen LogP contribution in [0.5, 0.6) is 0 Å². The molecule has 3 atom stereocenters. The Kier molecular flexibility index (Phi) is 11.7. The second-order valence-corrected chi connectivity index (χ2v) is 7.65. The second kappa shape index (κ2) is 12.6. The molecule has 0 rings (SSSR count). The third-order valence-corrected chi connectivity index (χ3v) is 4.03. The Bertz CT molecular complexity index is 527. The molecule has 0 saturated carbocycles. The molecule has 0 aliphatic heterocycles. The minimum absolute atomic E-state index is 0.0794. The van der Waals surface area contributed by atoms with E-state index in [-0.39, 0.29) is 30.6 Å². The lowest BCUT2D eigenvalue weighted by Gasteiger charge is -2.23. The van der Waals surface area contributed by atoms with E-state index in [1.807, 2.05) is 27.7 Å². The Balaban J connectivity index is 4.89. The molecule has 156 valence electrons.